The summed E-state index contributed by atoms with van der Waals surface area (Å²) in [4.78, 5) is 18.4. The lowest BCUT2D eigenvalue weighted by Crippen LogP contribution is -2.31. The number of likely N-dealkylation sites (N-methyl/N-ethyl adjacent to an activating group) is 1. The maximum absolute atomic E-state index is 12.1. The highest BCUT2D eigenvalue weighted by Gasteiger charge is 2.08. The summed E-state index contributed by atoms with van der Waals surface area (Å²) >= 11 is 0. The molecule has 0 bridgehead atoms. The van der Waals surface area contributed by atoms with Crippen LogP contribution in [0, 0.1) is 13.8 Å². The average Bonchev–Trinajstić information content (AvgIpc) is 2.45. The second-order valence-corrected chi connectivity index (χ2v) is 5.73. The summed E-state index contributed by atoms with van der Waals surface area (Å²) in [6, 6.07) is 12.0. The van der Waals surface area contributed by atoms with Gasteiger partial charge in [0.1, 0.15) is 0 Å². The third-order valence-electron chi connectivity index (χ3n) is 3.39. The van der Waals surface area contributed by atoms with Gasteiger partial charge < -0.3 is 5.32 Å². The molecule has 2 aromatic rings. The van der Waals surface area contributed by atoms with E-state index in [0.29, 0.717) is 6.54 Å². The highest BCUT2D eigenvalue weighted by molar-refractivity contribution is 5.92. The maximum atomic E-state index is 12.1. The normalized spacial score (nSPS) is 10.3. The van der Waals surface area contributed by atoms with Crippen molar-refractivity contribution in [1.29, 1.82) is 0 Å². The van der Waals surface area contributed by atoms with Gasteiger partial charge in [0, 0.05) is 30.5 Å². The van der Waals surface area contributed by atoms with Gasteiger partial charge in [-0.05, 0) is 56.3 Å². The molecular formula is C18H24ClN3O. The monoisotopic (exact) mass is 333 g/mol. The Balaban J connectivity index is 0.00000264. The fourth-order valence-corrected chi connectivity index (χ4v) is 2.42. The number of carbonyl (C=O) groups excluding carboxylic acids is 1. The highest BCUT2D eigenvalue weighted by atomic mass is 35.5. The zero-order valence-corrected chi connectivity index (χ0v) is 14.7. The summed E-state index contributed by atoms with van der Waals surface area (Å²) in [5.74, 6) is 0.00789. The topological polar surface area (TPSA) is 45.2 Å². The van der Waals surface area contributed by atoms with Crippen molar-refractivity contribution in [1.82, 2.24) is 9.88 Å². The van der Waals surface area contributed by atoms with Crippen molar-refractivity contribution >= 4 is 24.0 Å². The highest BCUT2D eigenvalue weighted by Crippen LogP contribution is 2.13. The van der Waals surface area contributed by atoms with Crippen molar-refractivity contribution in [2.45, 2.75) is 20.3 Å². The molecule has 0 atom stereocenters. The van der Waals surface area contributed by atoms with Gasteiger partial charge in [0.15, 0.2) is 0 Å². The molecule has 1 N–H and O–H groups in total. The van der Waals surface area contributed by atoms with Crippen molar-refractivity contribution in [3.8, 4) is 0 Å². The summed E-state index contributed by atoms with van der Waals surface area (Å²) in [5.41, 5.74) is 4.21. The number of nitrogens with one attached hydrogen (secondary N) is 1. The van der Waals surface area contributed by atoms with Gasteiger partial charge >= 0.3 is 0 Å². The molecule has 1 heterocycles. The number of hydrogen-bond donors (Lipinski definition) is 1. The minimum absolute atomic E-state index is 0. The quantitative estimate of drug-likeness (QED) is 0.882. The lowest BCUT2D eigenvalue weighted by atomic mass is 10.1. The number of aryl methyl sites for hydroxylation is 2. The standard InChI is InChI=1S/C18H23N3O.ClH/c1-14-10-15(2)12-17(11-14)20-18(22)13-21(3)9-7-16-6-4-5-8-19-16;/h4-6,8,10-12H,7,9,13H2,1-3H3,(H,20,22);1H. The number of nitrogens with zero attached hydrogens (tertiary/aromatic N) is 2. The second-order valence-electron chi connectivity index (χ2n) is 5.73. The first-order valence-electron chi connectivity index (χ1n) is 7.49. The predicted molar refractivity (Wildman–Crippen MR) is 97.2 cm³/mol. The molecule has 0 aliphatic heterocycles. The van der Waals surface area contributed by atoms with Gasteiger partial charge in [-0.25, -0.2) is 0 Å². The van der Waals surface area contributed by atoms with Crippen LogP contribution in [0.4, 0.5) is 5.69 Å². The fraction of sp³-hybridized carbons (Fsp3) is 0.333. The van der Waals surface area contributed by atoms with Gasteiger partial charge in [0.05, 0.1) is 6.54 Å². The molecule has 0 saturated heterocycles. The summed E-state index contributed by atoms with van der Waals surface area (Å²) in [6.45, 7) is 5.24. The number of amides is 1. The largest absolute Gasteiger partial charge is 0.325 e. The first-order valence-corrected chi connectivity index (χ1v) is 7.49. The Morgan fingerprint density at radius 3 is 2.48 bits per heavy atom. The van der Waals surface area contributed by atoms with E-state index in [1.54, 1.807) is 6.20 Å². The minimum atomic E-state index is 0. The molecule has 0 unspecified atom stereocenters. The van der Waals surface area contributed by atoms with E-state index < -0.39 is 0 Å². The van der Waals surface area contributed by atoms with Crippen molar-refractivity contribution in [2.24, 2.45) is 0 Å². The smallest absolute Gasteiger partial charge is 0.238 e. The summed E-state index contributed by atoms with van der Waals surface area (Å²) in [5, 5.41) is 2.96. The summed E-state index contributed by atoms with van der Waals surface area (Å²) in [6.07, 6.45) is 2.64. The third-order valence-corrected chi connectivity index (χ3v) is 3.39. The number of aromatic nitrogens is 1. The molecule has 23 heavy (non-hydrogen) atoms. The lowest BCUT2D eigenvalue weighted by molar-refractivity contribution is -0.117. The lowest BCUT2D eigenvalue weighted by Gasteiger charge is -2.16. The van der Waals surface area contributed by atoms with Crippen LogP contribution >= 0.6 is 12.4 Å². The van der Waals surface area contributed by atoms with Crippen LogP contribution in [0.25, 0.3) is 0 Å². The Hall–Kier alpha value is -1.91. The van der Waals surface area contributed by atoms with Crippen LogP contribution in [0.2, 0.25) is 0 Å². The molecule has 0 aliphatic carbocycles. The third kappa shape index (κ3) is 6.80. The SMILES string of the molecule is Cc1cc(C)cc(NC(=O)CN(C)CCc2ccccn2)c1.Cl. The van der Waals surface area contributed by atoms with E-state index >= 15 is 0 Å². The number of halogens is 1. The van der Waals surface area contributed by atoms with Crippen LogP contribution in [0.5, 0.6) is 0 Å². The van der Waals surface area contributed by atoms with E-state index in [1.807, 2.05) is 56.1 Å². The van der Waals surface area contributed by atoms with Crippen molar-refractivity contribution in [3.63, 3.8) is 0 Å². The number of rotatable bonds is 6. The molecule has 5 heteroatoms. The van der Waals surface area contributed by atoms with Gasteiger partial charge in [-0.15, -0.1) is 12.4 Å². The van der Waals surface area contributed by atoms with Gasteiger partial charge in [-0.1, -0.05) is 12.1 Å². The van der Waals surface area contributed by atoms with Gasteiger partial charge in [0.2, 0.25) is 5.91 Å². The van der Waals surface area contributed by atoms with Crippen LogP contribution in [0.3, 0.4) is 0 Å². The molecule has 124 valence electrons. The maximum Gasteiger partial charge on any atom is 0.238 e. The van der Waals surface area contributed by atoms with Crippen molar-refractivity contribution in [3.05, 3.63) is 59.4 Å². The second kappa shape index (κ2) is 9.28. The molecule has 0 saturated carbocycles. The zero-order chi connectivity index (χ0) is 15.9. The van der Waals surface area contributed by atoms with Gasteiger partial charge in [-0.2, -0.15) is 0 Å². The number of pyridine rings is 1. The van der Waals surface area contributed by atoms with Crippen molar-refractivity contribution in [2.75, 3.05) is 25.5 Å². The molecule has 0 aliphatic rings. The van der Waals surface area contributed by atoms with E-state index in [9.17, 15) is 4.79 Å². The van der Waals surface area contributed by atoms with Gasteiger partial charge in [-0.3, -0.25) is 14.7 Å². The first kappa shape index (κ1) is 19.1. The number of benzene rings is 1. The average molecular weight is 334 g/mol. The molecule has 0 spiro atoms. The summed E-state index contributed by atoms with van der Waals surface area (Å²) in [7, 11) is 1.95. The molecule has 1 aromatic carbocycles. The fourth-order valence-electron chi connectivity index (χ4n) is 2.42. The molecule has 0 radical (unpaired) electrons. The van der Waals surface area contributed by atoms with Crippen LogP contribution in [-0.2, 0) is 11.2 Å². The van der Waals surface area contributed by atoms with Gasteiger partial charge in [0.25, 0.3) is 0 Å². The Morgan fingerprint density at radius 2 is 1.87 bits per heavy atom. The van der Waals surface area contributed by atoms with Crippen LogP contribution in [0.15, 0.2) is 42.6 Å². The van der Waals surface area contributed by atoms with Crippen LogP contribution in [0.1, 0.15) is 16.8 Å². The minimum Gasteiger partial charge on any atom is -0.325 e. The predicted octanol–water partition coefficient (Wildman–Crippen LogP) is 3.23. The van der Waals surface area contributed by atoms with Crippen molar-refractivity contribution < 1.29 is 4.79 Å². The molecule has 1 aromatic heterocycles. The van der Waals surface area contributed by atoms with Crippen LogP contribution in [-0.4, -0.2) is 35.9 Å². The number of anilines is 1. The summed E-state index contributed by atoms with van der Waals surface area (Å²) < 4.78 is 0. The van der Waals surface area contributed by atoms with E-state index in [0.717, 1.165) is 35.5 Å². The van der Waals surface area contributed by atoms with E-state index in [1.165, 1.54) is 0 Å². The molecule has 2 rings (SSSR count). The number of hydrogen-bond acceptors (Lipinski definition) is 3. The molecule has 0 fully saturated rings. The van der Waals surface area contributed by atoms with E-state index in [2.05, 4.69) is 16.4 Å². The first-order chi connectivity index (χ1) is 10.5. The molecular weight excluding hydrogens is 310 g/mol. The van der Waals surface area contributed by atoms with E-state index in [4.69, 9.17) is 0 Å². The Bertz CT molecular complexity index is 611. The number of carbonyl (C=O) groups is 1. The Labute approximate surface area is 144 Å². The zero-order valence-electron chi connectivity index (χ0n) is 13.9. The molecule has 4 nitrogen and oxygen atoms in total. The molecule has 1 amide bonds. The van der Waals surface area contributed by atoms with Crippen LogP contribution < -0.4 is 5.32 Å². The van der Waals surface area contributed by atoms with E-state index in [-0.39, 0.29) is 18.3 Å². The Morgan fingerprint density at radius 1 is 1.17 bits per heavy atom. The Kier molecular flexibility index (Phi) is 7.72.